The number of nitrogens with zero attached hydrogens (tertiary/aromatic N) is 4. The Labute approximate surface area is 168 Å². The molecule has 1 unspecified atom stereocenters. The van der Waals surface area contributed by atoms with E-state index in [4.69, 9.17) is 15.7 Å². The molecule has 0 radical (unpaired) electrons. The Morgan fingerprint density at radius 1 is 1.21 bits per heavy atom. The lowest BCUT2D eigenvalue weighted by atomic mass is 10.0. The van der Waals surface area contributed by atoms with E-state index in [-0.39, 0.29) is 11.9 Å². The highest BCUT2D eigenvalue weighted by molar-refractivity contribution is 6.07. The molecular formula is C22H24N6O. The SMILES string of the molecule is CNC(=O)c1cc2c(N3CCCC(N)C3)cc(C)nc2n2c1nc1ccccc12. The number of hydrogen-bond donors (Lipinski definition) is 2. The summed E-state index contributed by atoms with van der Waals surface area (Å²) < 4.78 is 2.01. The van der Waals surface area contributed by atoms with Crippen molar-refractivity contribution in [1.82, 2.24) is 19.7 Å². The van der Waals surface area contributed by atoms with Gasteiger partial charge < -0.3 is 16.0 Å². The van der Waals surface area contributed by atoms with Crippen molar-refractivity contribution in [1.29, 1.82) is 0 Å². The zero-order valence-electron chi connectivity index (χ0n) is 16.6. The number of rotatable bonds is 2. The van der Waals surface area contributed by atoms with E-state index in [2.05, 4.69) is 16.3 Å². The van der Waals surface area contributed by atoms with E-state index in [9.17, 15) is 4.79 Å². The lowest BCUT2D eigenvalue weighted by Crippen LogP contribution is -2.43. The molecule has 148 valence electrons. The van der Waals surface area contributed by atoms with Gasteiger partial charge in [0, 0.05) is 42.9 Å². The van der Waals surface area contributed by atoms with Gasteiger partial charge in [-0.2, -0.15) is 0 Å². The summed E-state index contributed by atoms with van der Waals surface area (Å²) in [5, 5.41) is 3.70. The van der Waals surface area contributed by atoms with E-state index in [0.29, 0.717) is 11.2 Å². The number of pyridine rings is 2. The molecule has 3 N–H and O–H groups in total. The third-order valence-electron chi connectivity index (χ3n) is 5.72. The maximum Gasteiger partial charge on any atom is 0.254 e. The van der Waals surface area contributed by atoms with Gasteiger partial charge in [0.05, 0.1) is 16.6 Å². The van der Waals surface area contributed by atoms with Crippen molar-refractivity contribution in [2.45, 2.75) is 25.8 Å². The van der Waals surface area contributed by atoms with Crippen molar-refractivity contribution in [3.63, 3.8) is 0 Å². The molecule has 0 bridgehead atoms. The molecule has 3 aromatic heterocycles. The number of fused-ring (bicyclic) bond motifs is 5. The van der Waals surface area contributed by atoms with Crippen LogP contribution in [0.3, 0.4) is 0 Å². The van der Waals surface area contributed by atoms with Gasteiger partial charge in [0.15, 0.2) is 5.65 Å². The molecule has 1 fully saturated rings. The molecule has 1 aliphatic rings. The van der Waals surface area contributed by atoms with Crippen molar-refractivity contribution in [2.24, 2.45) is 5.73 Å². The number of benzene rings is 1. The highest BCUT2D eigenvalue weighted by atomic mass is 16.1. The summed E-state index contributed by atoms with van der Waals surface area (Å²) >= 11 is 0. The molecule has 7 nitrogen and oxygen atoms in total. The fourth-order valence-electron chi connectivity index (χ4n) is 4.38. The van der Waals surface area contributed by atoms with E-state index in [0.717, 1.165) is 59.4 Å². The second-order valence-corrected chi connectivity index (χ2v) is 7.77. The first-order valence-corrected chi connectivity index (χ1v) is 10.0. The predicted octanol–water partition coefficient (Wildman–Crippen LogP) is 2.63. The summed E-state index contributed by atoms with van der Waals surface area (Å²) in [6, 6.07) is 12.1. The molecule has 29 heavy (non-hydrogen) atoms. The normalized spacial score (nSPS) is 17.3. The maximum absolute atomic E-state index is 12.7. The standard InChI is InChI=1S/C22H24N6O/c1-13-10-19(27-9-5-6-14(23)12-27)15-11-16(22(29)24-2)21-26-17-7-3-4-8-18(17)28(21)20(15)25-13/h3-4,7-8,10-11,14H,5-6,9,12,23H2,1-2H3,(H,24,29). The molecule has 4 aromatic rings. The van der Waals surface area contributed by atoms with Crippen molar-refractivity contribution in [2.75, 3.05) is 25.0 Å². The number of anilines is 1. The Morgan fingerprint density at radius 3 is 2.83 bits per heavy atom. The van der Waals surface area contributed by atoms with Crippen LogP contribution in [0.5, 0.6) is 0 Å². The smallest absolute Gasteiger partial charge is 0.254 e. The molecule has 4 heterocycles. The third kappa shape index (κ3) is 2.81. The summed E-state index contributed by atoms with van der Waals surface area (Å²) in [4.78, 5) is 24.7. The van der Waals surface area contributed by atoms with E-state index < -0.39 is 0 Å². The second kappa shape index (κ2) is 6.70. The summed E-state index contributed by atoms with van der Waals surface area (Å²) in [5.74, 6) is -0.158. The van der Waals surface area contributed by atoms with Gasteiger partial charge >= 0.3 is 0 Å². The van der Waals surface area contributed by atoms with Gasteiger partial charge in [0.25, 0.3) is 5.91 Å². The van der Waals surface area contributed by atoms with Crippen LogP contribution in [0.1, 0.15) is 28.9 Å². The summed E-state index contributed by atoms with van der Waals surface area (Å²) in [6.07, 6.45) is 2.10. The largest absolute Gasteiger partial charge is 0.369 e. The molecule has 5 rings (SSSR count). The van der Waals surface area contributed by atoms with Crippen molar-refractivity contribution in [3.8, 4) is 0 Å². The van der Waals surface area contributed by atoms with E-state index in [1.54, 1.807) is 7.05 Å². The van der Waals surface area contributed by atoms with Gasteiger partial charge in [-0.25, -0.2) is 9.97 Å². The van der Waals surface area contributed by atoms with Crippen LogP contribution in [0.15, 0.2) is 36.4 Å². The average molecular weight is 388 g/mol. The average Bonchev–Trinajstić information content (AvgIpc) is 3.12. The van der Waals surface area contributed by atoms with Crippen LogP contribution in [0.4, 0.5) is 5.69 Å². The quantitative estimate of drug-likeness (QED) is 0.551. The number of carbonyl (C=O) groups excluding carboxylic acids is 1. The fraction of sp³-hybridized carbons (Fsp3) is 0.318. The van der Waals surface area contributed by atoms with Crippen LogP contribution >= 0.6 is 0 Å². The number of carbonyl (C=O) groups is 1. The Bertz CT molecular complexity index is 1260. The first kappa shape index (κ1) is 17.9. The number of imidazole rings is 1. The predicted molar refractivity (Wildman–Crippen MR) is 116 cm³/mol. The minimum Gasteiger partial charge on any atom is -0.369 e. The van der Waals surface area contributed by atoms with Gasteiger partial charge in [-0.15, -0.1) is 0 Å². The monoisotopic (exact) mass is 388 g/mol. The lowest BCUT2D eigenvalue weighted by Gasteiger charge is -2.33. The Hall–Kier alpha value is -3.19. The molecule has 1 aromatic carbocycles. The van der Waals surface area contributed by atoms with E-state index >= 15 is 0 Å². The van der Waals surface area contributed by atoms with Gasteiger partial charge in [0.2, 0.25) is 0 Å². The zero-order valence-corrected chi connectivity index (χ0v) is 16.6. The number of amides is 1. The molecule has 1 saturated heterocycles. The van der Waals surface area contributed by atoms with E-state index in [1.807, 2.05) is 41.7 Å². The summed E-state index contributed by atoms with van der Waals surface area (Å²) in [6.45, 7) is 3.76. The van der Waals surface area contributed by atoms with Gasteiger partial charge in [-0.05, 0) is 44.0 Å². The Morgan fingerprint density at radius 2 is 2.03 bits per heavy atom. The van der Waals surface area contributed by atoms with Gasteiger partial charge in [0.1, 0.15) is 5.65 Å². The van der Waals surface area contributed by atoms with Crippen LogP contribution in [0, 0.1) is 6.92 Å². The topological polar surface area (TPSA) is 88.5 Å². The van der Waals surface area contributed by atoms with Crippen LogP contribution < -0.4 is 16.0 Å². The highest BCUT2D eigenvalue weighted by Crippen LogP contribution is 2.33. The lowest BCUT2D eigenvalue weighted by molar-refractivity contribution is 0.0964. The second-order valence-electron chi connectivity index (χ2n) is 7.77. The molecule has 0 saturated carbocycles. The molecule has 7 heteroatoms. The first-order chi connectivity index (χ1) is 14.1. The number of para-hydroxylation sites is 2. The number of nitrogens with two attached hydrogens (primary N) is 1. The van der Waals surface area contributed by atoms with E-state index in [1.165, 1.54) is 0 Å². The first-order valence-electron chi connectivity index (χ1n) is 10.0. The number of piperidine rings is 1. The summed E-state index contributed by atoms with van der Waals surface area (Å²) in [7, 11) is 1.64. The van der Waals surface area contributed by atoms with Gasteiger partial charge in [-0.1, -0.05) is 12.1 Å². The number of nitrogens with one attached hydrogen (secondary N) is 1. The van der Waals surface area contributed by atoms with Crippen LogP contribution in [0.2, 0.25) is 0 Å². The fourth-order valence-corrected chi connectivity index (χ4v) is 4.38. The minimum atomic E-state index is -0.158. The van der Waals surface area contributed by atoms with Crippen molar-refractivity contribution >= 4 is 39.3 Å². The molecule has 1 atom stereocenters. The molecule has 0 spiro atoms. The molecular weight excluding hydrogens is 364 g/mol. The van der Waals surface area contributed by atoms with Gasteiger partial charge in [-0.3, -0.25) is 9.20 Å². The summed E-state index contributed by atoms with van der Waals surface area (Å²) in [5.41, 5.74) is 12.0. The molecule has 1 amide bonds. The Kier molecular flexibility index (Phi) is 4.13. The van der Waals surface area contributed by atoms with Crippen molar-refractivity contribution < 1.29 is 4.79 Å². The zero-order chi connectivity index (χ0) is 20.1. The number of aromatic nitrogens is 3. The minimum absolute atomic E-state index is 0.156. The molecule has 1 aliphatic heterocycles. The molecule has 0 aliphatic carbocycles. The Balaban J connectivity index is 1.91. The maximum atomic E-state index is 12.7. The van der Waals surface area contributed by atoms with Crippen molar-refractivity contribution in [3.05, 3.63) is 47.7 Å². The van der Waals surface area contributed by atoms with Crippen LogP contribution in [-0.4, -0.2) is 46.5 Å². The van der Waals surface area contributed by atoms with Crippen LogP contribution in [0.25, 0.3) is 27.7 Å². The number of aryl methyl sites for hydroxylation is 1. The number of hydrogen-bond acceptors (Lipinski definition) is 5. The van der Waals surface area contributed by atoms with Crippen LogP contribution in [-0.2, 0) is 0 Å². The highest BCUT2D eigenvalue weighted by Gasteiger charge is 2.23. The third-order valence-corrected chi connectivity index (χ3v) is 5.72.